The van der Waals surface area contributed by atoms with E-state index in [1.165, 1.54) is 4.31 Å². The van der Waals surface area contributed by atoms with Crippen molar-refractivity contribution in [2.24, 2.45) is 0 Å². The summed E-state index contributed by atoms with van der Waals surface area (Å²) in [7, 11) is -3.62. The van der Waals surface area contributed by atoms with E-state index < -0.39 is 16.1 Å². The molecule has 214 valence electrons. The van der Waals surface area contributed by atoms with Gasteiger partial charge in [0.25, 0.3) is 5.56 Å². The Balaban J connectivity index is 1.44. The number of halogens is 1. The number of nitrogens with zero attached hydrogens (tertiary/aromatic N) is 4. The van der Waals surface area contributed by atoms with E-state index >= 15 is 0 Å². The number of hydrogen-bond donors (Lipinski definition) is 2. The van der Waals surface area contributed by atoms with Crippen molar-refractivity contribution in [1.82, 2.24) is 18.8 Å². The highest BCUT2D eigenvalue weighted by molar-refractivity contribution is 7.89. The summed E-state index contributed by atoms with van der Waals surface area (Å²) < 4.78 is 29.7. The lowest BCUT2D eigenvalue weighted by Crippen LogP contribution is -2.27. The van der Waals surface area contributed by atoms with Gasteiger partial charge >= 0.3 is 0 Å². The van der Waals surface area contributed by atoms with Crippen molar-refractivity contribution in [3.8, 4) is 16.8 Å². The molecule has 9 nitrogen and oxygen atoms in total. The number of pyridine rings is 1. The number of rotatable bonds is 7. The fourth-order valence-electron chi connectivity index (χ4n) is 5.40. The number of hydrogen-bond acceptors (Lipinski definition) is 7. The SMILES string of the molecule is C[C@H](Nc1nc(N)ncc1-c1cccc(S(=O)(=O)N2CCCC2)c1)c1cc2cccc(Cl)c2c(=O)n1-c1ccccc1. The van der Waals surface area contributed by atoms with E-state index in [4.69, 9.17) is 17.3 Å². The van der Waals surface area contributed by atoms with Gasteiger partial charge in [-0.1, -0.05) is 54.1 Å². The van der Waals surface area contributed by atoms with Gasteiger partial charge in [-0.15, -0.1) is 0 Å². The van der Waals surface area contributed by atoms with Gasteiger partial charge in [0.15, 0.2) is 0 Å². The number of nitrogen functional groups attached to an aromatic ring is 1. The van der Waals surface area contributed by atoms with E-state index in [2.05, 4.69) is 15.3 Å². The van der Waals surface area contributed by atoms with Gasteiger partial charge in [-0.25, -0.2) is 13.4 Å². The maximum absolute atomic E-state index is 13.9. The Morgan fingerprint density at radius 1 is 0.976 bits per heavy atom. The molecule has 1 atom stereocenters. The summed E-state index contributed by atoms with van der Waals surface area (Å²) in [5, 5.41) is 4.94. The summed E-state index contributed by atoms with van der Waals surface area (Å²) in [5.41, 5.74) is 8.33. The van der Waals surface area contributed by atoms with Crippen molar-refractivity contribution in [2.45, 2.75) is 30.7 Å². The molecule has 0 bridgehead atoms. The summed E-state index contributed by atoms with van der Waals surface area (Å²) in [6, 6.07) is 23.0. The summed E-state index contributed by atoms with van der Waals surface area (Å²) in [4.78, 5) is 22.7. The lowest BCUT2D eigenvalue weighted by Gasteiger charge is -2.23. The average Bonchev–Trinajstić information content (AvgIpc) is 3.54. The maximum atomic E-state index is 13.9. The number of nitrogens with one attached hydrogen (secondary N) is 1. The fourth-order valence-corrected chi connectivity index (χ4v) is 7.23. The van der Waals surface area contributed by atoms with E-state index in [1.54, 1.807) is 35.0 Å². The van der Waals surface area contributed by atoms with Crippen LogP contribution in [0.3, 0.4) is 0 Å². The Morgan fingerprint density at radius 2 is 1.71 bits per heavy atom. The van der Waals surface area contributed by atoms with Crippen LogP contribution in [-0.2, 0) is 10.0 Å². The van der Waals surface area contributed by atoms with Gasteiger partial charge in [0.1, 0.15) is 5.82 Å². The lowest BCUT2D eigenvalue weighted by atomic mass is 10.1. The van der Waals surface area contributed by atoms with Crippen LogP contribution in [0, 0.1) is 0 Å². The summed E-state index contributed by atoms with van der Waals surface area (Å²) >= 11 is 6.47. The average molecular weight is 601 g/mol. The molecule has 11 heteroatoms. The van der Waals surface area contributed by atoms with E-state index in [-0.39, 0.29) is 16.4 Å². The van der Waals surface area contributed by atoms with Crippen LogP contribution in [0.4, 0.5) is 11.8 Å². The van der Waals surface area contributed by atoms with Crippen LogP contribution < -0.4 is 16.6 Å². The van der Waals surface area contributed by atoms with Crippen LogP contribution >= 0.6 is 11.6 Å². The molecule has 1 aliphatic heterocycles. The Labute approximate surface area is 248 Å². The molecule has 3 heterocycles. The molecule has 0 aliphatic carbocycles. The maximum Gasteiger partial charge on any atom is 0.264 e. The Kier molecular flexibility index (Phi) is 7.44. The third kappa shape index (κ3) is 5.13. The number of aromatic nitrogens is 3. The molecule has 2 aromatic heterocycles. The highest BCUT2D eigenvalue weighted by Crippen LogP contribution is 2.33. The number of anilines is 2. The van der Waals surface area contributed by atoms with Crippen molar-refractivity contribution >= 4 is 44.2 Å². The van der Waals surface area contributed by atoms with Crippen LogP contribution in [0.5, 0.6) is 0 Å². The first kappa shape index (κ1) is 27.9. The zero-order chi connectivity index (χ0) is 29.4. The Morgan fingerprint density at radius 3 is 2.48 bits per heavy atom. The zero-order valence-electron chi connectivity index (χ0n) is 22.9. The molecule has 0 radical (unpaired) electrons. The molecule has 1 saturated heterocycles. The summed E-state index contributed by atoms with van der Waals surface area (Å²) in [6.45, 7) is 2.95. The molecule has 6 rings (SSSR count). The molecule has 5 aromatic rings. The first-order chi connectivity index (χ1) is 20.2. The van der Waals surface area contributed by atoms with E-state index in [0.29, 0.717) is 57.2 Å². The summed E-state index contributed by atoms with van der Waals surface area (Å²) in [6.07, 6.45) is 3.28. The van der Waals surface area contributed by atoms with Gasteiger partial charge in [-0.3, -0.25) is 9.36 Å². The van der Waals surface area contributed by atoms with Crippen molar-refractivity contribution < 1.29 is 8.42 Å². The predicted octanol–water partition coefficient (Wildman–Crippen LogP) is 5.64. The van der Waals surface area contributed by atoms with Crippen LogP contribution in [-0.4, -0.2) is 40.3 Å². The normalized spacial score (nSPS) is 14.7. The first-order valence-electron chi connectivity index (χ1n) is 13.6. The van der Waals surface area contributed by atoms with E-state index in [9.17, 15) is 13.2 Å². The minimum absolute atomic E-state index is 0.0556. The summed E-state index contributed by atoms with van der Waals surface area (Å²) in [5.74, 6) is 0.462. The van der Waals surface area contributed by atoms with Crippen molar-refractivity contribution in [3.05, 3.63) is 106 Å². The zero-order valence-corrected chi connectivity index (χ0v) is 24.4. The quantitative estimate of drug-likeness (QED) is 0.248. The van der Waals surface area contributed by atoms with E-state index in [1.807, 2.05) is 61.5 Å². The molecule has 1 fully saturated rings. The van der Waals surface area contributed by atoms with Gasteiger partial charge in [0.2, 0.25) is 16.0 Å². The molecular formula is C31H29ClN6O3S. The minimum atomic E-state index is -3.62. The van der Waals surface area contributed by atoms with E-state index in [0.717, 1.165) is 12.8 Å². The Hall–Kier alpha value is -4.25. The monoisotopic (exact) mass is 600 g/mol. The molecule has 0 amide bonds. The van der Waals surface area contributed by atoms with Crippen LogP contribution in [0.2, 0.25) is 5.02 Å². The van der Waals surface area contributed by atoms with Gasteiger partial charge in [0.05, 0.1) is 21.3 Å². The lowest BCUT2D eigenvalue weighted by molar-refractivity contribution is 0.477. The van der Waals surface area contributed by atoms with Gasteiger partial charge in [-0.05, 0) is 67.1 Å². The molecule has 1 aliphatic rings. The van der Waals surface area contributed by atoms with Crippen molar-refractivity contribution in [2.75, 3.05) is 24.1 Å². The van der Waals surface area contributed by atoms with Gasteiger partial charge in [-0.2, -0.15) is 9.29 Å². The standard InChI is InChI=1S/C31H29ClN6O3S/c1-20(27-18-22-10-8-14-26(32)28(22)30(39)38(27)23-11-3-2-4-12-23)35-29-25(19-34-31(33)36-29)21-9-7-13-24(17-21)42(40,41)37-15-5-6-16-37/h2-4,7-14,17-20H,5-6,15-16H2,1H3,(H3,33,34,35,36)/t20-/m0/s1. The van der Waals surface area contributed by atoms with Crippen LogP contribution in [0.15, 0.2) is 94.7 Å². The molecule has 3 aromatic carbocycles. The number of para-hydroxylation sites is 1. The number of benzene rings is 3. The Bertz CT molecular complexity index is 1960. The molecule has 0 unspecified atom stereocenters. The van der Waals surface area contributed by atoms with Gasteiger partial charge < -0.3 is 11.1 Å². The second kappa shape index (κ2) is 11.2. The smallest absolute Gasteiger partial charge is 0.264 e. The van der Waals surface area contributed by atoms with Crippen molar-refractivity contribution in [3.63, 3.8) is 0 Å². The van der Waals surface area contributed by atoms with Crippen LogP contribution in [0.1, 0.15) is 31.5 Å². The third-order valence-corrected chi connectivity index (χ3v) is 9.70. The fraction of sp³-hybridized carbons (Fsp3) is 0.194. The number of fused-ring (bicyclic) bond motifs is 1. The highest BCUT2D eigenvalue weighted by atomic mass is 35.5. The third-order valence-electron chi connectivity index (χ3n) is 7.49. The number of sulfonamides is 1. The highest BCUT2D eigenvalue weighted by Gasteiger charge is 2.28. The largest absolute Gasteiger partial charge is 0.368 e. The van der Waals surface area contributed by atoms with Crippen LogP contribution in [0.25, 0.3) is 27.6 Å². The van der Waals surface area contributed by atoms with Crippen molar-refractivity contribution in [1.29, 1.82) is 0 Å². The molecule has 42 heavy (non-hydrogen) atoms. The molecular weight excluding hydrogens is 572 g/mol. The first-order valence-corrected chi connectivity index (χ1v) is 15.4. The topological polar surface area (TPSA) is 123 Å². The van der Waals surface area contributed by atoms with Gasteiger partial charge in [0, 0.05) is 36.2 Å². The number of nitrogens with two attached hydrogens (primary N) is 1. The predicted molar refractivity (Wildman–Crippen MR) is 166 cm³/mol. The second-order valence-electron chi connectivity index (χ2n) is 10.2. The molecule has 3 N–H and O–H groups in total. The molecule has 0 saturated carbocycles. The second-order valence-corrected chi connectivity index (χ2v) is 12.6. The molecule has 0 spiro atoms. The minimum Gasteiger partial charge on any atom is -0.368 e.